The molecule has 0 unspecified atom stereocenters. The highest BCUT2D eigenvalue weighted by molar-refractivity contribution is 5.96. The molecule has 0 fully saturated rings. The van der Waals surface area contributed by atoms with Crippen LogP contribution >= 0.6 is 0 Å². The second kappa shape index (κ2) is 7.25. The summed E-state index contributed by atoms with van der Waals surface area (Å²) in [5, 5.41) is 19.6. The van der Waals surface area contributed by atoms with E-state index in [9.17, 15) is 14.7 Å². The number of nitrogens with one attached hydrogen (secondary N) is 3. The molecule has 0 aliphatic heterocycles. The molecule has 0 saturated heterocycles. The van der Waals surface area contributed by atoms with Crippen LogP contribution in [0.5, 0.6) is 5.75 Å². The average molecular weight is 393 g/mol. The first-order chi connectivity index (χ1) is 13.9. The molecule has 7 nitrogen and oxygen atoms in total. The minimum Gasteiger partial charge on any atom is -0.495 e. The second-order valence-corrected chi connectivity index (χ2v) is 7.56. The van der Waals surface area contributed by atoms with Gasteiger partial charge in [-0.15, -0.1) is 0 Å². The molecule has 7 heteroatoms. The molecular weight excluding hydrogens is 370 g/mol. The number of methoxy groups -OCH3 is 1. The fourth-order valence-electron chi connectivity index (χ4n) is 4.28. The number of rotatable bonds is 4. The molecule has 0 bridgehead atoms. The number of ether oxygens (including phenoxy) is 1. The minimum atomic E-state index is -1.37. The van der Waals surface area contributed by atoms with E-state index < -0.39 is 17.4 Å². The third-order valence-corrected chi connectivity index (χ3v) is 5.55. The smallest absolute Gasteiger partial charge is 0.267 e. The maximum Gasteiger partial charge on any atom is 0.267 e. The van der Waals surface area contributed by atoms with Crippen molar-refractivity contribution in [2.45, 2.75) is 24.9 Å². The topological polar surface area (TPSA) is 107 Å². The number of hydrogen-bond acceptors (Lipinski definition) is 4. The van der Waals surface area contributed by atoms with E-state index in [4.69, 9.17) is 4.74 Å². The van der Waals surface area contributed by atoms with Crippen LogP contribution < -0.4 is 15.6 Å². The number of anilines is 1. The molecule has 0 spiro atoms. The summed E-state index contributed by atoms with van der Waals surface area (Å²) in [5.41, 5.74) is 0.762. The Bertz CT molecular complexity index is 1080. The summed E-state index contributed by atoms with van der Waals surface area (Å²) in [6.07, 6.45) is 0.161. The fourth-order valence-corrected chi connectivity index (χ4v) is 4.28. The Balaban J connectivity index is 1.81. The lowest BCUT2D eigenvalue weighted by Crippen LogP contribution is -2.51. The van der Waals surface area contributed by atoms with Crippen LogP contribution in [0.1, 0.15) is 29.7 Å². The van der Waals surface area contributed by atoms with E-state index in [-0.39, 0.29) is 17.9 Å². The number of aromatic nitrogens is 2. The van der Waals surface area contributed by atoms with Gasteiger partial charge in [-0.3, -0.25) is 14.7 Å². The Hall–Kier alpha value is -3.32. The zero-order chi connectivity index (χ0) is 20.6. The number of hydrogen-bond donors (Lipinski definition) is 4. The molecule has 1 aliphatic rings. The van der Waals surface area contributed by atoms with E-state index in [0.29, 0.717) is 22.7 Å². The molecule has 3 aromatic rings. The van der Waals surface area contributed by atoms with E-state index >= 15 is 0 Å². The number of amides is 1. The molecular formula is C22H23N3O4. The summed E-state index contributed by atoms with van der Waals surface area (Å²) in [7, 11) is 1.53. The van der Waals surface area contributed by atoms with Gasteiger partial charge in [-0.2, -0.15) is 0 Å². The van der Waals surface area contributed by atoms with Crippen molar-refractivity contribution in [3.8, 4) is 5.75 Å². The van der Waals surface area contributed by atoms with E-state index in [1.807, 2.05) is 36.4 Å². The first-order valence-electron chi connectivity index (χ1n) is 9.43. The number of fused-ring (bicyclic) bond motifs is 1. The minimum absolute atomic E-state index is 0.161. The van der Waals surface area contributed by atoms with Crippen LogP contribution in [0.15, 0.2) is 59.4 Å². The highest BCUT2D eigenvalue weighted by Gasteiger charge is 2.50. The summed E-state index contributed by atoms with van der Waals surface area (Å²) in [6, 6.07) is 16.4. The monoisotopic (exact) mass is 393 g/mol. The number of carbonyl (C=O) groups is 1. The van der Waals surface area contributed by atoms with Crippen molar-refractivity contribution in [2.75, 3.05) is 12.4 Å². The van der Waals surface area contributed by atoms with Gasteiger partial charge in [-0.25, -0.2) is 0 Å². The van der Waals surface area contributed by atoms with Crippen LogP contribution in [-0.2, 0) is 11.2 Å². The Labute approximate surface area is 167 Å². The molecule has 3 atom stereocenters. The summed E-state index contributed by atoms with van der Waals surface area (Å²) in [6.45, 7) is 1.63. The summed E-state index contributed by atoms with van der Waals surface area (Å²) >= 11 is 0. The highest BCUT2D eigenvalue weighted by atomic mass is 16.5. The number of H-pyrrole nitrogens is 2. The van der Waals surface area contributed by atoms with Crippen LogP contribution in [0.2, 0.25) is 0 Å². The normalized spacial score (nSPS) is 23.3. The van der Waals surface area contributed by atoms with E-state index in [1.54, 1.807) is 25.1 Å². The van der Waals surface area contributed by atoms with Crippen molar-refractivity contribution in [2.24, 2.45) is 5.92 Å². The van der Waals surface area contributed by atoms with Gasteiger partial charge >= 0.3 is 0 Å². The van der Waals surface area contributed by atoms with Crippen molar-refractivity contribution in [1.29, 1.82) is 0 Å². The molecule has 0 radical (unpaired) electrons. The van der Waals surface area contributed by atoms with Crippen LogP contribution in [-0.4, -0.2) is 33.9 Å². The van der Waals surface area contributed by atoms with Gasteiger partial charge in [-0.1, -0.05) is 42.5 Å². The molecule has 2 aromatic carbocycles. The molecule has 0 saturated carbocycles. The number of benzene rings is 2. The quantitative estimate of drug-likeness (QED) is 0.546. The maximum atomic E-state index is 13.4. The predicted molar refractivity (Wildman–Crippen MR) is 109 cm³/mol. The second-order valence-electron chi connectivity index (χ2n) is 7.56. The van der Waals surface area contributed by atoms with Gasteiger partial charge in [0.25, 0.3) is 5.56 Å². The van der Waals surface area contributed by atoms with Crippen molar-refractivity contribution in [3.63, 3.8) is 0 Å². The van der Waals surface area contributed by atoms with Gasteiger partial charge in [0.05, 0.1) is 24.3 Å². The van der Waals surface area contributed by atoms with Crippen molar-refractivity contribution in [3.05, 3.63) is 81.8 Å². The van der Waals surface area contributed by atoms with E-state index in [1.165, 1.54) is 7.11 Å². The van der Waals surface area contributed by atoms with Gasteiger partial charge in [0, 0.05) is 23.6 Å². The summed E-state index contributed by atoms with van der Waals surface area (Å²) < 4.78 is 5.32. The first-order valence-corrected chi connectivity index (χ1v) is 9.43. The number of carbonyl (C=O) groups excluding carboxylic acids is 1. The molecule has 1 heterocycles. The molecule has 1 amide bonds. The highest BCUT2D eigenvalue weighted by Crippen LogP contribution is 2.44. The van der Waals surface area contributed by atoms with Gasteiger partial charge in [0.2, 0.25) is 5.91 Å². The lowest BCUT2D eigenvalue weighted by molar-refractivity contribution is -0.130. The van der Waals surface area contributed by atoms with Crippen LogP contribution in [0.3, 0.4) is 0 Å². The van der Waals surface area contributed by atoms with Gasteiger partial charge in [-0.05, 0) is 24.6 Å². The number of aliphatic hydroxyl groups is 1. The van der Waals surface area contributed by atoms with Gasteiger partial charge in [0.15, 0.2) is 0 Å². The van der Waals surface area contributed by atoms with Crippen molar-refractivity contribution >= 4 is 11.6 Å². The first kappa shape index (κ1) is 19.0. The summed E-state index contributed by atoms with van der Waals surface area (Å²) in [5.74, 6) is -1.33. The zero-order valence-corrected chi connectivity index (χ0v) is 16.2. The third-order valence-electron chi connectivity index (χ3n) is 5.55. The Kier molecular flexibility index (Phi) is 4.76. The maximum absolute atomic E-state index is 13.4. The van der Waals surface area contributed by atoms with Crippen LogP contribution in [0.4, 0.5) is 5.69 Å². The van der Waals surface area contributed by atoms with Crippen LogP contribution in [0.25, 0.3) is 0 Å². The number of para-hydroxylation sites is 2. The lowest BCUT2D eigenvalue weighted by atomic mass is 9.66. The third kappa shape index (κ3) is 3.34. The zero-order valence-electron chi connectivity index (χ0n) is 16.2. The Morgan fingerprint density at radius 1 is 1.14 bits per heavy atom. The van der Waals surface area contributed by atoms with Crippen molar-refractivity contribution in [1.82, 2.24) is 10.2 Å². The Morgan fingerprint density at radius 3 is 2.55 bits per heavy atom. The number of aromatic amines is 2. The van der Waals surface area contributed by atoms with E-state index in [2.05, 4.69) is 15.5 Å². The van der Waals surface area contributed by atoms with Crippen molar-refractivity contribution < 1.29 is 14.6 Å². The Morgan fingerprint density at radius 2 is 1.83 bits per heavy atom. The fraction of sp³-hybridized carbons (Fsp3) is 0.273. The SMILES string of the molecule is COc1ccccc1NC(=O)[C@@H]1[C@@H](c2ccccc2)c2c([nH][nH]c2=O)C[C@@]1(C)O. The molecule has 4 N–H and O–H groups in total. The molecule has 150 valence electrons. The molecule has 4 rings (SSSR count). The van der Waals surface area contributed by atoms with Crippen LogP contribution in [0, 0.1) is 5.92 Å². The molecule has 29 heavy (non-hydrogen) atoms. The van der Waals surface area contributed by atoms with Gasteiger partial charge < -0.3 is 20.3 Å². The lowest BCUT2D eigenvalue weighted by Gasteiger charge is -2.41. The predicted octanol–water partition coefficient (Wildman–Crippen LogP) is 2.41. The average Bonchev–Trinajstić information content (AvgIpc) is 3.06. The molecule has 1 aromatic heterocycles. The summed E-state index contributed by atoms with van der Waals surface area (Å²) in [4.78, 5) is 26.0. The van der Waals surface area contributed by atoms with Gasteiger partial charge in [0.1, 0.15) is 5.75 Å². The van der Waals surface area contributed by atoms with E-state index in [0.717, 1.165) is 5.56 Å². The largest absolute Gasteiger partial charge is 0.495 e. The molecule has 1 aliphatic carbocycles. The standard InChI is InChI=1S/C22H23N3O4/c1-22(28)12-15-18(20(26)25-24-15)17(13-8-4-3-5-9-13)19(22)21(27)23-14-10-6-7-11-16(14)29-2/h3-11,17,19,28H,12H2,1-2H3,(H,23,27)(H2,24,25,26)/t17-,19-,22+/m0/s1.